The molecule has 4 nitrogen and oxygen atoms in total. The standard InChI is InChI=1S/C11H15ClN2O2/c1-11(7-8-12,10(15)16)14(13)9-5-3-2-4-6-9/h2-6H,7-8,13H2,1H3,(H,15,16)/t11-/m1/s1. The second-order valence-corrected chi connectivity index (χ2v) is 4.10. The molecule has 1 atom stereocenters. The average molecular weight is 243 g/mol. The summed E-state index contributed by atoms with van der Waals surface area (Å²) in [5.74, 6) is 5.11. The maximum Gasteiger partial charge on any atom is 0.330 e. The minimum absolute atomic E-state index is 0.239. The van der Waals surface area contributed by atoms with E-state index in [0.717, 1.165) is 0 Å². The second-order valence-electron chi connectivity index (χ2n) is 3.72. The van der Waals surface area contributed by atoms with Crippen LogP contribution in [0.15, 0.2) is 30.3 Å². The molecular formula is C11H15ClN2O2. The zero-order chi connectivity index (χ0) is 12.2. The van der Waals surface area contributed by atoms with Gasteiger partial charge in [-0.1, -0.05) is 18.2 Å². The zero-order valence-electron chi connectivity index (χ0n) is 9.06. The van der Waals surface area contributed by atoms with E-state index in [2.05, 4.69) is 0 Å². The molecule has 0 bridgehead atoms. The first kappa shape index (κ1) is 12.8. The van der Waals surface area contributed by atoms with Crippen molar-refractivity contribution < 1.29 is 9.90 Å². The number of anilines is 1. The Morgan fingerprint density at radius 2 is 2.06 bits per heavy atom. The van der Waals surface area contributed by atoms with Crippen molar-refractivity contribution >= 4 is 23.3 Å². The molecule has 1 rings (SSSR count). The van der Waals surface area contributed by atoms with Gasteiger partial charge >= 0.3 is 5.97 Å². The Hall–Kier alpha value is -1.26. The van der Waals surface area contributed by atoms with Gasteiger partial charge in [0.2, 0.25) is 0 Å². The topological polar surface area (TPSA) is 66.6 Å². The third-order valence-corrected chi connectivity index (χ3v) is 2.80. The van der Waals surface area contributed by atoms with Gasteiger partial charge < -0.3 is 5.11 Å². The van der Waals surface area contributed by atoms with Crippen LogP contribution >= 0.6 is 11.6 Å². The van der Waals surface area contributed by atoms with Gasteiger partial charge in [0.1, 0.15) is 0 Å². The number of hydrogen-bond donors (Lipinski definition) is 2. The molecule has 3 N–H and O–H groups in total. The lowest BCUT2D eigenvalue weighted by Crippen LogP contribution is -2.57. The number of aliphatic carboxylic acids is 1. The fourth-order valence-corrected chi connectivity index (χ4v) is 1.76. The van der Waals surface area contributed by atoms with Gasteiger partial charge in [-0.15, -0.1) is 11.6 Å². The van der Waals surface area contributed by atoms with Crippen LogP contribution in [-0.4, -0.2) is 22.5 Å². The number of halogens is 1. The van der Waals surface area contributed by atoms with E-state index in [1.807, 2.05) is 6.07 Å². The van der Waals surface area contributed by atoms with Gasteiger partial charge in [0, 0.05) is 5.88 Å². The zero-order valence-corrected chi connectivity index (χ0v) is 9.81. The Bertz CT molecular complexity index is 358. The summed E-state index contributed by atoms with van der Waals surface area (Å²) >= 11 is 5.62. The predicted octanol–water partition coefficient (Wildman–Crippen LogP) is 1.84. The number of nitrogens with two attached hydrogens (primary N) is 1. The van der Waals surface area contributed by atoms with Crippen LogP contribution in [0.2, 0.25) is 0 Å². The molecule has 0 radical (unpaired) electrons. The van der Waals surface area contributed by atoms with Crippen molar-refractivity contribution in [1.29, 1.82) is 0 Å². The Kier molecular flexibility index (Phi) is 4.15. The first-order valence-electron chi connectivity index (χ1n) is 4.91. The van der Waals surface area contributed by atoms with Crippen molar-refractivity contribution in [1.82, 2.24) is 0 Å². The third kappa shape index (κ3) is 2.46. The van der Waals surface area contributed by atoms with Crippen molar-refractivity contribution in [3.63, 3.8) is 0 Å². The fourth-order valence-electron chi connectivity index (χ4n) is 1.39. The quantitative estimate of drug-likeness (QED) is 0.470. The molecular weight excluding hydrogens is 228 g/mol. The highest BCUT2D eigenvalue weighted by molar-refractivity contribution is 6.18. The largest absolute Gasteiger partial charge is 0.479 e. The van der Waals surface area contributed by atoms with Gasteiger partial charge in [0.05, 0.1) is 5.69 Å². The number of alkyl halides is 1. The van der Waals surface area contributed by atoms with Crippen LogP contribution in [0.1, 0.15) is 13.3 Å². The molecule has 0 fully saturated rings. The van der Waals surface area contributed by atoms with Crippen molar-refractivity contribution in [2.24, 2.45) is 5.84 Å². The molecule has 0 aliphatic rings. The predicted molar refractivity (Wildman–Crippen MR) is 64.5 cm³/mol. The first-order chi connectivity index (χ1) is 7.52. The molecule has 5 heteroatoms. The van der Waals surface area contributed by atoms with Crippen LogP contribution in [0, 0.1) is 0 Å². The van der Waals surface area contributed by atoms with E-state index in [-0.39, 0.29) is 12.3 Å². The van der Waals surface area contributed by atoms with E-state index in [9.17, 15) is 9.90 Å². The van der Waals surface area contributed by atoms with Gasteiger partial charge in [-0.3, -0.25) is 5.01 Å². The normalized spacial score (nSPS) is 14.2. The lowest BCUT2D eigenvalue weighted by atomic mass is 9.97. The Morgan fingerprint density at radius 3 is 2.50 bits per heavy atom. The summed E-state index contributed by atoms with van der Waals surface area (Å²) in [6.07, 6.45) is 0.273. The minimum Gasteiger partial charge on any atom is -0.479 e. The van der Waals surface area contributed by atoms with Crippen LogP contribution in [0.4, 0.5) is 5.69 Å². The molecule has 1 aromatic carbocycles. The Labute approximate surface area is 99.6 Å². The number of hydrazine groups is 1. The van der Waals surface area contributed by atoms with Crippen molar-refractivity contribution in [3.05, 3.63) is 30.3 Å². The SMILES string of the molecule is C[C@@](CCCl)(C(=O)O)N(N)c1ccccc1. The molecule has 88 valence electrons. The number of benzene rings is 1. The number of carbonyl (C=O) groups is 1. The Morgan fingerprint density at radius 1 is 1.50 bits per heavy atom. The van der Waals surface area contributed by atoms with Crippen molar-refractivity contribution in [2.45, 2.75) is 18.9 Å². The fraction of sp³-hybridized carbons (Fsp3) is 0.364. The van der Waals surface area contributed by atoms with Crippen molar-refractivity contribution in [2.75, 3.05) is 10.9 Å². The maximum atomic E-state index is 11.2. The van der Waals surface area contributed by atoms with Gasteiger partial charge in [-0.25, -0.2) is 10.6 Å². The molecule has 0 unspecified atom stereocenters. The summed E-state index contributed by atoms with van der Waals surface area (Å²) < 4.78 is 0. The molecule has 0 saturated carbocycles. The van der Waals surface area contributed by atoms with Gasteiger partial charge in [0.15, 0.2) is 5.54 Å². The summed E-state index contributed by atoms with van der Waals surface area (Å²) in [5.41, 5.74) is -0.541. The number of rotatable bonds is 5. The smallest absolute Gasteiger partial charge is 0.330 e. The molecule has 0 spiro atoms. The summed E-state index contributed by atoms with van der Waals surface area (Å²) in [4.78, 5) is 11.2. The summed E-state index contributed by atoms with van der Waals surface area (Å²) in [6, 6.07) is 8.97. The number of carboxylic acids is 1. The van der Waals surface area contributed by atoms with Crippen LogP contribution < -0.4 is 10.9 Å². The van der Waals surface area contributed by atoms with Crippen LogP contribution in [-0.2, 0) is 4.79 Å². The number of para-hydroxylation sites is 1. The van der Waals surface area contributed by atoms with E-state index in [4.69, 9.17) is 17.4 Å². The molecule has 0 aliphatic carbocycles. The Balaban J connectivity index is 3.00. The van der Waals surface area contributed by atoms with E-state index in [1.165, 1.54) is 5.01 Å². The summed E-state index contributed by atoms with van der Waals surface area (Å²) in [5, 5.41) is 10.5. The first-order valence-corrected chi connectivity index (χ1v) is 5.45. The second kappa shape index (κ2) is 5.18. The molecule has 0 aromatic heterocycles. The lowest BCUT2D eigenvalue weighted by Gasteiger charge is -2.35. The number of hydrogen-bond acceptors (Lipinski definition) is 3. The lowest BCUT2D eigenvalue weighted by molar-refractivity contribution is -0.142. The highest BCUT2D eigenvalue weighted by Crippen LogP contribution is 2.24. The highest BCUT2D eigenvalue weighted by Gasteiger charge is 2.38. The van der Waals surface area contributed by atoms with Gasteiger partial charge in [-0.05, 0) is 25.5 Å². The van der Waals surface area contributed by atoms with E-state index in [1.54, 1.807) is 31.2 Å². The molecule has 16 heavy (non-hydrogen) atoms. The maximum absolute atomic E-state index is 11.2. The van der Waals surface area contributed by atoms with Gasteiger partial charge in [-0.2, -0.15) is 0 Å². The molecule has 0 aliphatic heterocycles. The summed E-state index contributed by atoms with van der Waals surface area (Å²) in [7, 11) is 0. The molecule has 1 aromatic rings. The third-order valence-electron chi connectivity index (χ3n) is 2.61. The highest BCUT2D eigenvalue weighted by atomic mass is 35.5. The summed E-state index contributed by atoms with van der Waals surface area (Å²) in [6.45, 7) is 1.56. The molecule has 0 amide bonds. The number of carboxylic acid groups (broad SMARTS) is 1. The molecule has 0 heterocycles. The van der Waals surface area contributed by atoms with E-state index in [0.29, 0.717) is 5.69 Å². The minimum atomic E-state index is -1.19. The molecule has 0 saturated heterocycles. The van der Waals surface area contributed by atoms with E-state index < -0.39 is 11.5 Å². The van der Waals surface area contributed by atoms with E-state index >= 15 is 0 Å². The van der Waals surface area contributed by atoms with Crippen LogP contribution in [0.3, 0.4) is 0 Å². The average Bonchev–Trinajstić information content (AvgIpc) is 2.29. The monoisotopic (exact) mass is 242 g/mol. The number of nitrogens with zero attached hydrogens (tertiary/aromatic N) is 1. The van der Waals surface area contributed by atoms with Crippen LogP contribution in [0.5, 0.6) is 0 Å². The van der Waals surface area contributed by atoms with Crippen molar-refractivity contribution in [3.8, 4) is 0 Å². The van der Waals surface area contributed by atoms with Crippen LogP contribution in [0.25, 0.3) is 0 Å². The van der Waals surface area contributed by atoms with Gasteiger partial charge in [0.25, 0.3) is 0 Å².